The zero-order valence-corrected chi connectivity index (χ0v) is 14.4. The van der Waals surface area contributed by atoms with E-state index in [1.54, 1.807) is 11.3 Å². The average molecular weight is 336 g/mol. The van der Waals surface area contributed by atoms with E-state index in [9.17, 15) is 4.79 Å². The van der Waals surface area contributed by atoms with Crippen LogP contribution in [0.2, 0.25) is 0 Å². The van der Waals surface area contributed by atoms with Crippen LogP contribution in [0.1, 0.15) is 52.1 Å². The quantitative estimate of drug-likeness (QED) is 0.825. The van der Waals surface area contributed by atoms with Gasteiger partial charge < -0.3 is 9.88 Å². The Morgan fingerprint density at radius 3 is 3.09 bits per heavy atom. The van der Waals surface area contributed by atoms with Crippen LogP contribution in [0.15, 0.2) is 6.07 Å². The van der Waals surface area contributed by atoms with Crippen LogP contribution >= 0.6 is 23.6 Å². The lowest BCUT2D eigenvalue weighted by Crippen LogP contribution is -2.27. The van der Waals surface area contributed by atoms with E-state index in [1.165, 1.54) is 16.9 Å². The molecule has 1 aliphatic rings. The molecular weight excluding hydrogens is 316 g/mol. The molecule has 0 saturated carbocycles. The second kappa shape index (κ2) is 6.34. The maximum Gasteiger partial charge on any atom is 0.261 e. The van der Waals surface area contributed by atoms with E-state index >= 15 is 0 Å². The predicted octanol–water partition coefficient (Wildman–Crippen LogP) is 3.04. The molecule has 118 valence electrons. The number of rotatable bonds is 5. The molecule has 1 amide bonds. The summed E-state index contributed by atoms with van der Waals surface area (Å²) >= 11 is 6.87. The largest absolute Gasteiger partial charge is 0.350 e. The van der Waals surface area contributed by atoms with Crippen molar-refractivity contribution in [2.45, 2.75) is 45.6 Å². The van der Waals surface area contributed by atoms with Gasteiger partial charge in [-0.05, 0) is 43.1 Å². The van der Waals surface area contributed by atoms with Crippen molar-refractivity contribution < 1.29 is 4.79 Å². The standard InChI is InChI=1S/C15H20N4OS2/c1-9(2)13-17-18-15(21)19(13)7-6-16-14(20)12-8-10-4-3-5-11(10)22-12/h8-9H,3-7H2,1-2H3,(H,16,20)(H,18,21). The van der Waals surface area contributed by atoms with Crippen LogP contribution in [0.25, 0.3) is 0 Å². The molecule has 2 heterocycles. The smallest absolute Gasteiger partial charge is 0.261 e. The molecule has 0 unspecified atom stereocenters. The highest BCUT2D eigenvalue weighted by Crippen LogP contribution is 2.30. The van der Waals surface area contributed by atoms with E-state index in [1.807, 2.05) is 10.6 Å². The van der Waals surface area contributed by atoms with Gasteiger partial charge in [0.25, 0.3) is 5.91 Å². The summed E-state index contributed by atoms with van der Waals surface area (Å²) in [6.07, 6.45) is 3.45. The van der Waals surface area contributed by atoms with Gasteiger partial charge in [-0.15, -0.1) is 11.3 Å². The minimum atomic E-state index is 0.0144. The highest BCUT2D eigenvalue weighted by Gasteiger charge is 2.18. The third-order valence-electron chi connectivity index (χ3n) is 3.90. The number of aromatic amines is 1. The number of nitrogens with one attached hydrogen (secondary N) is 2. The Morgan fingerprint density at radius 1 is 1.55 bits per heavy atom. The van der Waals surface area contributed by atoms with Gasteiger partial charge in [0, 0.05) is 23.9 Å². The molecule has 22 heavy (non-hydrogen) atoms. The first-order valence-electron chi connectivity index (χ1n) is 7.61. The molecule has 7 heteroatoms. The van der Waals surface area contributed by atoms with Crippen LogP contribution in [-0.4, -0.2) is 27.2 Å². The molecule has 0 atom stereocenters. The van der Waals surface area contributed by atoms with Crippen LogP contribution in [-0.2, 0) is 19.4 Å². The number of hydrogen-bond acceptors (Lipinski definition) is 4. The highest BCUT2D eigenvalue weighted by molar-refractivity contribution is 7.71. The molecule has 5 nitrogen and oxygen atoms in total. The molecule has 0 spiro atoms. The van der Waals surface area contributed by atoms with Crippen molar-refractivity contribution in [1.82, 2.24) is 20.1 Å². The average Bonchev–Trinajstić information content (AvgIpc) is 3.13. The number of aryl methyl sites for hydroxylation is 2. The van der Waals surface area contributed by atoms with Crippen LogP contribution in [0.5, 0.6) is 0 Å². The number of carbonyl (C=O) groups is 1. The second-order valence-corrected chi connectivity index (χ2v) is 7.39. The van der Waals surface area contributed by atoms with Gasteiger partial charge in [-0.3, -0.25) is 9.89 Å². The number of fused-ring (bicyclic) bond motifs is 1. The molecule has 3 rings (SSSR count). The van der Waals surface area contributed by atoms with Gasteiger partial charge in [0.1, 0.15) is 5.82 Å². The minimum Gasteiger partial charge on any atom is -0.350 e. The molecule has 0 radical (unpaired) electrons. The number of amides is 1. The summed E-state index contributed by atoms with van der Waals surface area (Å²) in [4.78, 5) is 14.4. The lowest BCUT2D eigenvalue weighted by molar-refractivity contribution is 0.0956. The van der Waals surface area contributed by atoms with Crippen molar-refractivity contribution in [3.63, 3.8) is 0 Å². The molecule has 2 aromatic heterocycles. The Kier molecular flexibility index (Phi) is 4.44. The molecule has 0 bridgehead atoms. The molecule has 0 aliphatic heterocycles. The summed E-state index contributed by atoms with van der Waals surface area (Å²) < 4.78 is 2.56. The maximum absolute atomic E-state index is 12.2. The first-order valence-corrected chi connectivity index (χ1v) is 8.83. The monoisotopic (exact) mass is 336 g/mol. The van der Waals surface area contributed by atoms with Gasteiger partial charge in [0.05, 0.1) is 4.88 Å². The summed E-state index contributed by atoms with van der Waals surface area (Å²) in [5, 5.41) is 10.0. The van der Waals surface area contributed by atoms with Gasteiger partial charge in [-0.25, -0.2) is 0 Å². The fraction of sp³-hybridized carbons (Fsp3) is 0.533. The van der Waals surface area contributed by atoms with Crippen molar-refractivity contribution in [2.24, 2.45) is 0 Å². The zero-order chi connectivity index (χ0) is 15.7. The van der Waals surface area contributed by atoms with E-state index in [0.29, 0.717) is 23.8 Å². The van der Waals surface area contributed by atoms with Crippen molar-refractivity contribution >= 4 is 29.5 Å². The first kappa shape index (κ1) is 15.4. The van der Waals surface area contributed by atoms with E-state index in [-0.39, 0.29) is 5.91 Å². The number of nitrogens with zero attached hydrogens (tertiary/aromatic N) is 2. The summed E-state index contributed by atoms with van der Waals surface area (Å²) in [6, 6.07) is 2.05. The van der Waals surface area contributed by atoms with Gasteiger partial charge in [-0.1, -0.05) is 13.8 Å². The van der Waals surface area contributed by atoms with Gasteiger partial charge in [-0.2, -0.15) is 5.10 Å². The summed E-state index contributed by atoms with van der Waals surface area (Å²) in [5.74, 6) is 1.23. The van der Waals surface area contributed by atoms with Crippen molar-refractivity contribution in [3.05, 3.63) is 32.0 Å². The second-order valence-electron chi connectivity index (χ2n) is 5.86. The van der Waals surface area contributed by atoms with Gasteiger partial charge in [0.15, 0.2) is 4.77 Å². The van der Waals surface area contributed by atoms with Crippen molar-refractivity contribution in [2.75, 3.05) is 6.54 Å². The summed E-state index contributed by atoms with van der Waals surface area (Å²) in [5.41, 5.74) is 1.36. The maximum atomic E-state index is 12.2. The third-order valence-corrected chi connectivity index (χ3v) is 5.44. The first-order chi connectivity index (χ1) is 10.6. The Labute approximate surface area is 138 Å². The molecule has 0 fully saturated rings. The van der Waals surface area contributed by atoms with E-state index in [0.717, 1.165) is 23.5 Å². The number of thiophene rings is 1. The SMILES string of the molecule is CC(C)c1n[nH]c(=S)n1CCNC(=O)c1cc2c(s1)CCC2. The van der Waals surface area contributed by atoms with Crippen molar-refractivity contribution in [1.29, 1.82) is 0 Å². The van der Waals surface area contributed by atoms with Crippen LogP contribution in [0.3, 0.4) is 0 Å². The molecular formula is C15H20N4OS2. The normalized spacial score (nSPS) is 13.6. The molecule has 2 aromatic rings. The fourth-order valence-corrected chi connectivity index (χ4v) is 4.20. The Morgan fingerprint density at radius 2 is 2.36 bits per heavy atom. The van der Waals surface area contributed by atoms with Gasteiger partial charge in [0.2, 0.25) is 0 Å². The van der Waals surface area contributed by atoms with Gasteiger partial charge >= 0.3 is 0 Å². The number of aromatic nitrogens is 3. The lowest BCUT2D eigenvalue weighted by atomic mass is 10.2. The van der Waals surface area contributed by atoms with Crippen LogP contribution in [0.4, 0.5) is 0 Å². The van der Waals surface area contributed by atoms with E-state index in [2.05, 4.69) is 29.4 Å². The van der Waals surface area contributed by atoms with E-state index < -0.39 is 0 Å². The zero-order valence-electron chi connectivity index (χ0n) is 12.8. The van der Waals surface area contributed by atoms with Crippen molar-refractivity contribution in [3.8, 4) is 0 Å². The lowest BCUT2D eigenvalue weighted by Gasteiger charge is -2.09. The predicted molar refractivity (Wildman–Crippen MR) is 90.2 cm³/mol. The highest BCUT2D eigenvalue weighted by atomic mass is 32.1. The Hall–Kier alpha value is -1.47. The topological polar surface area (TPSA) is 62.7 Å². The third kappa shape index (κ3) is 3.01. The fourth-order valence-electron chi connectivity index (χ4n) is 2.80. The molecule has 0 saturated heterocycles. The Balaban J connectivity index is 1.60. The van der Waals surface area contributed by atoms with Crippen LogP contribution < -0.4 is 5.32 Å². The molecule has 1 aliphatic carbocycles. The number of H-pyrrole nitrogens is 1. The Bertz CT molecular complexity index is 720. The van der Waals surface area contributed by atoms with Crippen LogP contribution in [0, 0.1) is 4.77 Å². The summed E-state index contributed by atoms with van der Waals surface area (Å²) in [7, 11) is 0. The molecule has 0 aromatic carbocycles. The summed E-state index contributed by atoms with van der Waals surface area (Å²) in [6.45, 7) is 5.34. The van der Waals surface area contributed by atoms with E-state index in [4.69, 9.17) is 12.2 Å². The number of carbonyl (C=O) groups excluding carboxylic acids is 1. The minimum absolute atomic E-state index is 0.0144. The molecule has 2 N–H and O–H groups in total. The number of hydrogen-bond donors (Lipinski definition) is 2.